The molecule has 7 heteroatoms. The van der Waals surface area contributed by atoms with E-state index in [-0.39, 0.29) is 12.2 Å². The van der Waals surface area contributed by atoms with E-state index < -0.39 is 18.0 Å². The number of carbonyl (C=O) groups excluding carboxylic acids is 3. The Morgan fingerprint density at radius 2 is 1.69 bits per heavy atom. The van der Waals surface area contributed by atoms with Crippen LogP contribution in [0.3, 0.4) is 0 Å². The van der Waals surface area contributed by atoms with Crippen LogP contribution in [0.25, 0.3) is 0 Å². The van der Waals surface area contributed by atoms with Crippen molar-refractivity contribution in [3.63, 3.8) is 0 Å². The molecule has 29 heavy (non-hydrogen) atoms. The van der Waals surface area contributed by atoms with Crippen LogP contribution in [-0.2, 0) is 20.7 Å². The molecular weight excluding hydrogens is 374 g/mol. The summed E-state index contributed by atoms with van der Waals surface area (Å²) >= 11 is 0. The fraction of sp³-hybridized carbons (Fsp3) is 0.318. The molecule has 0 saturated heterocycles. The number of hydrogen-bond acceptors (Lipinski definition) is 6. The number of rotatable bonds is 9. The zero-order chi connectivity index (χ0) is 21.4. The Hall–Kier alpha value is -3.35. The Kier molecular flexibility index (Phi) is 7.77. The number of amides is 1. The first-order valence-electron chi connectivity index (χ1n) is 9.17. The predicted octanol–water partition coefficient (Wildman–Crippen LogP) is 3.41. The molecule has 2 aromatic rings. The lowest BCUT2D eigenvalue weighted by molar-refractivity contribution is -0.153. The van der Waals surface area contributed by atoms with Crippen LogP contribution in [0.15, 0.2) is 42.5 Å². The fourth-order valence-electron chi connectivity index (χ4n) is 2.73. The maximum atomic E-state index is 12.3. The molecule has 0 saturated carbocycles. The Labute approximate surface area is 170 Å². The Morgan fingerprint density at radius 1 is 1.00 bits per heavy atom. The van der Waals surface area contributed by atoms with Crippen molar-refractivity contribution in [3.05, 3.63) is 53.6 Å². The first-order valence-corrected chi connectivity index (χ1v) is 9.17. The smallest absolute Gasteiger partial charge is 0.306 e. The minimum absolute atomic E-state index is 0.108. The number of methoxy groups -OCH3 is 2. The van der Waals surface area contributed by atoms with E-state index in [4.69, 9.17) is 14.2 Å². The predicted molar refractivity (Wildman–Crippen MR) is 108 cm³/mol. The largest absolute Gasteiger partial charge is 0.493 e. The fourth-order valence-corrected chi connectivity index (χ4v) is 2.73. The number of esters is 1. The molecule has 1 atom stereocenters. The topological polar surface area (TPSA) is 90.9 Å². The molecule has 0 aliphatic rings. The van der Waals surface area contributed by atoms with Gasteiger partial charge in [-0.15, -0.1) is 0 Å². The lowest BCUT2D eigenvalue weighted by Crippen LogP contribution is -2.30. The van der Waals surface area contributed by atoms with Gasteiger partial charge in [0.15, 0.2) is 23.4 Å². The van der Waals surface area contributed by atoms with Gasteiger partial charge in [0.05, 0.1) is 19.9 Å². The highest BCUT2D eigenvalue weighted by atomic mass is 16.5. The SMILES string of the molecule is COc1ccc(CCC(=O)O[C@H](C)C(=O)Nc2ccccc2C(C)=O)cc1OC. The molecule has 0 fully saturated rings. The van der Waals surface area contributed by atoms with Gasteiger partial charge in [0.25, 0.3) is 5.91 Å². The van der Waals surface area contributed by atoms with Crippen LogP contribution in [0.5, 0.6) is 11.5 Å². The van der Waals surface area contributed by atoms with Gasteiger partial charge in [0.1, 0.15) is 0 Å². The number of hydrogen-bond donors (Lipinski definition) is 1. The van der Waals surface area contributed by atoms with Crippen molar-refractivity contribution in [1.82, 2.24) is 0 Å². The van der Waals surface area contributed by atoms with Gasteiger partial charge >= 0.3 is 5.97 Å². The third kappa shape index (κ3) is 6.07. The van der Waals surface area contributed by atoms with Gasteiger partial charge in [-0.1, -0.05) is 18.2 Å². The minimum atomic E-state index is -0.993. The Morgan fingerprint density at radius 3 is 2.34 bits per heavy atom. The van der Waals surface area contributed by atoms with Crippen molar-refractivity contribution in [3.8, 4) is 11.5 Å². The van der Waals surface area contributed by atoms with Crippen LogP contribution in [0.1, 0.15) is 36.2 Å². The lowest BCUT2D eigenvalue weighted by atomic mass is 10.1. The molecule has 0 aliphatic heterocycles. The summed E-state index contributed by atoms with van der Waals surface area (Å²) in [5, 5.41) is 2.63. The molecule has 0 bridgehead atoms. The first-order chi connectivity index (χ1) is 13.8. The molecule has 7 nitrogen and oxygen atoms in total. The molecule has 1 N–H and O–H groups in total. The van der Waals surface area contributed by atoms with Gasteiger partial charge in [-0.3, -0.25) is 14.4 Å². The number of carbonyl (C=O) groups is 3. The zero-order valence-corrected chi connectivity index (χ0v) is 17.0. The summed E-state index contributed by atoms with van der Waals surface area (Å²) in [5.41, 5.74) is 1.66. The van der Waals surface area contributed by atoms with Crippen LogP contribution in [0, 0.1) is 0 Å². The zero-order valence-electron chi connectivity index (χ0n) is 17.0. The van der Waals surface area contributed by atoms with E-state index in [2.05, 4.69) is 5.32 Å². The molecule has 0 spiro atoms. The summed E-state index contributed by atoms with van der Waals surface area (Å²) < 4.78 is 15.6. The number of benzene rings is 2. The number of ketones is 1. The Balaban J connectivity index is 1.90. The van der Waals surface area contributed by atoms with Gasteiger partial charge in [0, 0.05) is 12.0 Å². The normalized spacial score (nSPS) is 11.3. The van der Waals surface area contributed by atoms with E-state index in [9.17, 15) is 14.4 Å². The van der Waals surface area contributed by atoms with Gasteiger partial charge in [-0.25, -0.2) is 0 Å². The maximum Gasteiger partial charge on any atom is 0.306 e. The maximum absolute atomic E-state index is 12.3. The highest BCUT2D eigenvalue weighted by Gasteiger charge is 2.19. The van der Waals surface area contributed by atoms with E-state index in [0.29, 0.717) is 29.2 Å². The van der Waals surface area contributed by atoms with Gasteiger partial charge in [0.2, 0.25) is 0 Å². The number of aryl methyl sites for hydroxylation is 1. The number of anilines is 1. The molecule has 0 unspecified atom stereocenters. The van der Waals surface area contributed by atoms with Gasteiger partial charge in [-0.2, -0.15) is 0 Å². The molecule has 0 radical (unpaired) electrons. The van der Waals surface area contributed by atoms with Crippen LogP contribution >= 0.6 is 0 Å². The highest BCUT2D eigenvalue weighted by molar-refractivity contribution is 6.04. The van der Waals surface area contributed by atoms with Crippen LogP contribution in [0.2, 0.25) is 0 Å². The van der Waals surface area contributed by atoms with Crippen molar-refractivity contribution in [2.75, 3.05) is 19.5 Å². The number of Topliss-reactive ketones (excluding diaryl/α,β-unsaturated/α-hetero) is 1. The van der Waals surface area contributed by atoms with Gasteiger partial charge < -0.3 is 19.5 Å². The Bertz CT molecular complexity index is 893. The number of nitrogens with one attached hydrogen (secondary N) is 1. The first kappa shape index (κ1) is 21.9. The molecule has 154 valence electrons. The second-order valence-corrected chi connectivity index (χ2v) is 6.41. The van der Waals surface area contributed by atoms with Crippen molar-refractivity contribution in [2.24, 2.45) is 0 Å². The van der Waals surface area contributed by atoms with Crippen LogP contribution < -0.4 is 14.8 Å². The second-order valence-electron chi connectivity index (χ2n) is 6.41. The van der Waals surface area contributed by atoms with Crippen molar-refractivity contribution in [1.29, 1.82) is 0 Å². The van der Waals surface area contributed by atoms with Crippen molar-refractivity contribution < 1.29 is 28.6 Å². The standard InChI is InChI=1S/C22H25NO6/c1-14(24)17-7-5-6-8-18(17)23-22(26)15(2)29-21(25)12-10-16-9-11-19(27-3)20(13-16)28-4/h5-9,11,13,15H,10,12H2,1-4H3,(H,23,26)/t15-/m1/s1. The third-order valence-electron chi connectivity index (χ3n) is 4.31. The summed E-state index contributed by atoms with van der Waals surface area (Å²) in [7, 11) is 3.09. The van der Waals surface area contributed by atoms with Crippen molar-refractivity contribution >= 4 is 23.3 Å². The van der Waals surface area contributed by atoms with E-state index in [1.165, 1.54) is 13.8 Å². The summed E-state index contributed by atoms with van der Waals surface area (Å²) in [6.07, 6.45) is -0.453. The lowest BCUT2D eigenvalue weighted by Gasteiger charge is -2.15. The van der Waals surface area contributed by atoms with Crippen molar-refractivity contribution in [2.45, 2.75) is 32.8 Å². The quantitative estimate of drug-likeness (QED) is 0.513. The van der Waals surface area contributed by atoms with E-state index >= 15 is 0 Å². The summed E-state index contributed by atoms with van der Waals surface area (Å²) in [6.45, 7) is 2.91. The molecule has 0 aromatic heterocycles. The molecule has 0 aliphatic carbocycles. The highest BCUT2D eigenvalue weighted by Crippen LogP contribution is 2.28. The minimum Gasteiger partial charge on any atom is -0.493 e. The summed E-state index contributed by atoms with van der Waals surface area (Å²) in [6, 6.07) is 12.1. The third-order valence-corrected chi connectivity index (χ3v) is 4.31. The molecule has 2 rings (SSSR count). The number of ether oxygens (including phenoxy) is 3. The second kappa shape index (κ2) is 10.3. The summed E-state index contributed by atoms with van der Waals surface area (Å²) in [4.78, 5) is 36.1. The average molecular weight is 399 g/mol. The van der Waals surface area contributed by atoms with E-state index in [1.54, 1.807) is 50.6 Å². The molecule has 1 amide bonds. The van der Waals surface area contributed by atoms with Crippen LogP contribution in [-0.4, -0.2) is 38.0 Å². The van der Waals surface area contributed by atoms with Gasteiger partial charge in [-0.05, 0) is 50.1 Å². The molecule has 2 aromatic carbocycles. The summed E-state index contributed by atoms with van der Waals surface area (Å²) in [5.74, 6) is 0.0196. The van der Waals surface area contributed by atoms with E-state index in [1.807, 2.05) is 6.07 Å². The average Bonchev–Trinajstić information content (AvgIpc) is 2.72. The van der Waals surface area contributed by atoms with E-state index in [0.717, 1.165) is 5.56 Å². The monoisotopic (exact) mass is 399 g/mol. The number of para-hydroxylation sites is 1. The molecule has 0 heterocycles. The van der Waals surface area contributed by atoms with Crippen LogP contribution in [0.4, 0.5) is 5.69 Å². The molecular formula is C22H25NO6.